The van der Waals surface area contributed by atoms with Gasteiger partial charge in [-0.25, -0.2) is 9.38 Å². The fourth-order valence-electron chi connectivity index (χ4n) is 2.12. The summed E-state index contributed by atoms with van der Waals surface area (Å²) in [6, 6.07) is 11.4. The van der Waals surface area contributed by atoms with E-state index in [2.05, 4.69) is 10.1 Å². The minimum Gasteiger partial charge on any atom is -0.497 e. The Hall–Kier alpha value is -3.69. The van der Waals surface area contributed by atoms with Crippen molar-refractivity contribution in [3.8, 4) is 11.4 Å². The summed E-state index contributed by atoms with van der Waals surface area (Å²) in [7, 11) is 1.50. The van der Waals surface area contributed by atoms with Gasteiger partial charge >= 0.3 is 5.82 Å². The van der Waals surface area contributed by atoms with E-state index in [0.29, 0.717) is 16.3 Å². The van der Waals surface area contributed by atoms with Gasteiger partial charge in [0, 0.05) is 0 Å². The summed E-state index contributed by atoms with van der Waals surface area (Å²) >= 11 is 0. The second-order valence-electron chi connectivity index (χ2n) is 4.87. The molecule has 0 radical (unpaired) electrons. The SMILES string of the molecule is COc1ccc(-n2nc([N+](=O)[O-])c(=Nc3cccc(F)c3)n2O)cc1. The first-order chi connectivity index (χ1) is 12.0. The molecule has 3 aromatic rings. The average Bonchev–Trinajstić information content (AvgIpc) is 2.92. The van der Waals surface area contributed by atoms with Gasteiger partial charge in [-0.1, -0.05) is 10.9 Å². The molecule has 0 aliphatic heterocycles. The fraction of sp³-hybridized carbons (Fsp3) is 0.0667. The van der Waals surface area contributed by atoms with Crippen molar-refractivity contribution in [3.05, 3.63) is 70.0 Å². The first kappa shape index (κ1) is 16.2. The fourth-order valence-corrected chi connectivity index (χ4v) is 2.12. The topological polar surface area (TPSA) is 108 Å². The Morgan fingerprint density at radius 3 is 2.60 bits per heavy atom. The van der Waals surface area contributed by atoms with E-state index in [4.69, 9.17) is 4.74 Å². The summed E-state index contributed by atoms with van der Waals surface area (Å²) < 4.78 is 18.3. The van der Waals surface area contributed by atoms with Crippen LogP contribution in [0.3, 0.4) is 0 Å². The zero-order valence-electron chi connectivity index (χ0n) is 12.9. The Morgan fingerprint density at radius 2 is 2.00 bits per heavy atom. The molecular weight excluding hydrogens is 333 g/mol. The van der Waals surface area contributed by atoms with Crippen LogP contribution in [0, 0.1) is 15.9 Å². The summed E-state index contributed by atoms with van der Waals surface area (Å²) in [5, 5.41) is 25.2. The number of ether oxygens (including phenoxy) is 1. The van der Waals surface area contributed by atoms with Crippen molar-refractivity contribution in [3.63, 3.8) is 0 Å². The molecule has 9 nitrogen and oxygen atoms in total. The Morgan fingerprint density at radius 1 is 1.28 bits per heavy atom. The molecule has 0 aliphatic rings. The van der Waals surface area contributed by atoms with Gasteiger partial charge in [0.2, 0.25) is 0 Å². The lowest BCUT2D eigenvalue weighted by Gasteiger charge is -2.02. The van der Waals surface area contributed by atoms with E-state index in [9.17, 15) is 19.7 Å². The van der Waals surface area contributed by atoms with Gasteiger partial charge in [-0.05, 0) is 52.2 Å². The lowest BCUT2D eigenvalue weighted by atomic mass is 10.3. The van der Waals surface area contributed by atoms with Crippen LogP contribution in [0.4, 0.5) is 15.9 Å². The Labute approximate surface area is 139 Å². The lowest BCUT2D eigenvalue weighted by Crippen LogP contribution is -2.22. The highest BCUT2D eigenvalue weighted by Gasteiger charge is 2.24. The summed E-state index contributed by atoms with van der Waals surface area (Å²) in [4.78, 5) is 15.7. The van der Waals surface area contributed by atoms with Gasteiger partial charge in [0.25, 0.3) is 5.49 Å². The maximum Gasteiger partial charge on any atom is 0.438 e. The highest BCUT2D eigenvalue weighted by molar-refractivity contribution is 5.39. The van der Waals surface area contributed by atoms with Crippen molar-refractivity contribution in [1.82, 2.24) is 14.7 Å². The zero-order valence-corrected chi connectivity index (χ0v) is 12.9. The number of methoxy groups -OCH3 is 1. The van der Waals surface area contributed by atoms with Gasteiger partial charge in [0.05, 0.1) is 17.9 Å². The number of hydrogen-bond donors (Lipinski definition) is 1. The molecule has 0 atom stereocenters. The maximum absolute atomic E-state index is 13.3. The molecule has 0 saturated heterocycles. The molecule has 0 bridgehead atoms. The van der Waals surface area contributed by atoms with Crippen molar-refractivity contribution in [1.29, 1.82) is 0 Å². The number of nitro groups is 1. The second kappa shape index (κ2) is 6.43. The maximum atomic E-state index is 13.3. The minimum absolute atomic E-state index is 0.0974. The van der Waals surface area contributed by atoms with Crippen LogP contribution >= 0.6 is 0 Å². The third-order valence-electron chi connectivity index (χ3n) is 3.28. The minimum atomic E-state index is -0.787. The third kappa shape index (κ3) is 3.17. The molecule has 1 aromatic heterocycles. The molecule has 1 N–H and O–H groups in total. The average molecular weight is 345 g/mol. The van der Waals surface area contributed by atoms with Gasteiger partial charge in [-0.3, -0.25) is 0 Å². The molecule has 0 amide bonds. The molecule has 3 rings (SSSR count). The van der Waals surface area contributed by atoms with Crippen molar-refractivity contribution < 1.29 is 19.3 Å². The zero-order chi connectivity index (χ0) is 18.0. The smallest absolute Gasteiger partial charge is 0.438 e. The van der Waals surface area contributed by atoms with E-state index in [-0.39, 0.29) is 5.69 Å². The molecule has 0 spiro atoms. The van der Waals surface area contributed by atoms with Crippen LogP contribution in [0.5, 0.6) is 5.75 Å². The molecule has 25 heavy (non-hydrogen) atoms. The van der Waals surface area contributed by atoms with Crippen LogP contribution in [0.1, 0.15) is 0 Å². The molecular formula is C15H12FN5O4. The first-order valence-corrected chi connectivity index (χ1v) is 7.00. The Balaban J connectivity index is 2.18. The number of aromatic nitrogens is 3. The molecule has 128 valence electrons. The van der Waals surface area contributed by atoms with E-state index < -0.39 is 22.0 Å². The summed E-state index contributed by atoms with van der Waals surface area (Å²) in [6.07, 6.45) is 0. The van der Waals surface area contributed by atoms with Crippen molar-refractivity contribution in [2.24, 2.45) is 4.99 Å². The van der Waals surface area contributed by atoms with Crippen LogP contribution in [0.25, 0.3) is 5.69 Å². The number of rotatable bonds is 4. The van der Waals surface area contributed by atoms with Crippen LogP contribution in [0.2, 0.25) is 0 Å². The van der Waals surface area contributed by atoms with E-state index in [1.807, 2.05) is 0 Å². The van der Waals surface area contributed by atoms with Crippen LogP contribution in [-0.2, 0) is 0 Å². The summed E-state index contributed by atoms with van der Waals surface area (Å²) in [6.45, 7) is 0. The monoisotopic (exact) mass is 345 g/mol. The number of nitrogens with zero attached hydrogens (tertiary/aromatic N) is 5. The van der Waals surface area contributed by atoms with Gasteiger partial charge in [0.15, 0.2) is 0 Å². The lowest BCUT2D eigenvalue weighted by molar-refractivity contribution is -0.391. The van der Waals surface area contributed by atoms with E-state index >= 15 is 0 Å². The van der Waals surface area contributed by atoms with E-state index in [1.165, 1.54) is 25.3 Å². The first-order valence-electron chi connectivity index (χ1n) is 7.00. The Kier molecular flexibility index (Phi) is 4.16. The number of halogens is 1. The Bertz CT molecular complexity index is 994. The molecule has 0 saturated carbocycles. The van der Waals surface area contributed by atoms with E-state index in [1.54, 1.807) is 24.3 Å². The van der Waals surface area contributed by atoms with Crippen molar-refractivity contribution in [2.75, 3.05) is 7.11 Å². The molecule has 0 aliphatic carbocycles. The molecule has 1 heterocycles. The van der Waals surface area contributed by atoms with E-state index in [0.717, 1.165) is 10.9 Å². The normalized spacial score (nSPS) is 11.5. The van der Waals surface area contributed by atoms with Crippen molar-refractivity contribution in [2.45, 2.75) is 0 Å². The standard InChI is InChI=1S/C15H12FN5O4/c1-25-13-7-5-12(6-8-13)19-18-15(21(23)24)14(20(19)22)17-11-4-2-3-10(16)9-11/h2-9,22H,1H3. The quantitative estimate of drug-likeness (QED) is 0.443. The molecule has 2 aromatic carbocycles. The van der Waals surface area contributed by atoms with Gasteiger partial charge in [-0.15, -0.1) is 0 Å². The predicted molar refractivity (Wildman–Crippen MR) is 83.6 cm³/mol. The summed E-state index contributed by atoms with van der Waals surface area (Å²) in [5.41, 5.74) is -0.00121. The van der Waals surface area contributed by atoms with Gasteiger partial charge in [0.1, 0.15) is 17.3 Å². The largest absolute Gasteiger partial charge is 0.497 e. The van der Waals surface area contributed by atoms with Gasteiger partial charge in [-0.2, -0.15) is 0 Å². The van der Waals surface area contributed by atoms with Crippen LogP contribution in [0.15, 0.2) is 53.5 Å². The second-order valence-corrected chi connectivity index (χ2v) is 4.87. The number of benzene rings is 2. The highest BCUT2D eigenvalue weighted by atomic mass is 19.1. The summed E-state index contributed by atoms with van der Waals surface area (Å²) in [5.74, 6) is -0.668. The highest BCUT2D eigenvalue weighted by Crippen LogP contribution is 2.16. The van der Waals surface area contributed by atoms with Crippen LogP contribution in [-0.4, -0.2) is 32.0 Å². The molecule has 0 unspecified atom stereocenters. The van der Waals surface area contributed by atoms with Crippen molar-refractivity contribution >= 4 is 11.5 Å². The predicted octanol–water partition coefficient (Wildman–Crippen LogP) is 2.20. The van der Waals surface area contributed by atoms with Crippen LogP contribution < -0.4 is 10.2 Å². The number of hydrogen-bond acceptors (Lipinski definition) is 6. The van der Waals surface area contributed by atoms with Gasteiger partial charge < -0.3 is 20.1 Å². The third-order valence-corrected chi connectivity index (χ3v) is 3.28. The molecule has 10 heteroatoms. The molecule has 0 fully saturated rings.